The molecule has 1 fully saturated rings. The Morgan fingerprint density at radius 3 is 2.93 bits per heavy atom. The van der Waals surface area contributed by atoms with Crippen molar-refractivity contribution in [2.24, 2.45) is 0 Å². The van der Waals surface area contributed by atoms with Crippen LogP contribution in [0, 0.1) is 0 Å². The molecule has 2 nitrogen and oxygen atoms in total. The van der Waals surface area contributed by atoms with Crippen molar-refractivity contribution in [1.29, 1.82) is 0 Å². The van der Waals surface area contributed by atoms with Gasteiger partial charge in [-0.15, -0.1) is 0 Å². The molecule has 1 aliphatic heterocycles. The van der Waals surface area contributed by atoms with Gasteiger partial charge in [0.2, 0.25) is 0 Å². The van der Waals surface area contributed by atoms with E-state index in [4.69, 9.17) is 27.9 Å². The van der Waals surface area contributed by atoms with Crippen molar-refractivity contribution in [3.63, 3.8) is 0 Å². The van der Waals surface area contributed by atoms with Gasteiger partial charge in [-0.3, -0.25) is 0 Å². The molecule has 0 radical (unpaired) electrons. The zero-order chi connectivity index (χ0) is 10.7. The zero-order valence-corrected chi connectivity index (χ0v) is 9.81. The number of ether oxygens (including phenoxy) is 1. The van der Waals surface area contributed by atoms with E-state index in [0.717, 1.165) is 36.7 Å². The molecule has 1 atom stereocenters. The van der Waals surface area contributed by atoms with Crippen LogP contribution < -0.4 is 5.32 Å². The Bertz CT molecular complexity index is 337. The van der Waals surface area contributed by atoms with E-state index < -0.39 is 0 Å². The summed E-state index contributed by atoms with van der Waals surface area (Å²) in [6, 6.07) is 5.59. The molecule has 15 heavy (non-hydrogen) atoms. The normalized spacial score (nSPS) is 21.6. The molecule has 4 heteroatoms. The maximum atomic E-state index is 6.09. The van der Waals surface area contributed by atoms with Gasteiger partial charge in [-0.05, 0) is 17.7 Å². The molecule has 1 unspecified atom stereocenters. The number of hydrogen-bond acceptors (Lipinski definition) is 2. The number of nitrogens with one attached hydrogen (secondary N) is 1. The summed E-state index contributed by atoms with van der Waals surface area (Å²) in [7, 11) is 0. The maximum absolute atomic E-state index is 6.09. The lowest BCUT2D eigenvalue weighted by Crippen LogP contribution is -2.39. The molecule has 0 bridgehead atoms. The Morgan fingerprint density at radius 1 is 1.40 bits per heavy atom. The van der Waals surface area contributed by atoms with Crippen LogP contribution in [0.25, 0.3) is 0 Å². The van der Waals surface area contributed by atoms with E-state index in [1.54, 1.807) is 6.07 Å². The Hall–Kier alpha value is -0.280. The van der Waals surface area contributed by atoms with Crippen molar-refractivity contribution in [2.45, 2.75) is 12.5 Å². The first-order chi connectivity index (χ1) is 7.25. The second-order valence-electron chi connectivity index (χ2n) is 3.64. The van der Waals surface area contributed by atoms with Crippen LogP contribution in [0.4, 0.5) is 0 Å². The minimum absolute atomic E-state index is 0.220. The lowest BCUT2D eigenvalue weighted by molar-refractivity contribution is 0.0292. The SMILES string of the molecule is Clc1ccc(CC2CNCCO2)c(Cl)c1. The fourth-order valence-corrected chi connectivity index (χ4v) is 2.17. The van der Waals surface area contributed by atoms with Gasteiger partial charge in [0.25, 0.3) is 0 Å². The molecule has 1 aromatic carbocycles. The van der Waals surface area contributed by atoms with E-state index in [9.17, 15) is 0 Å². The number of rotatable bonds is 2. The summed E-state index contributed by atoms with van der Waals surface area (Å²) in [4.78, 5) is 0. The Balaban J connectivity index is 2.03. The molecule has 1 aromatic rings. The average molecular weight is 246 g/mol. The number of morpholine rings is 1. The largest absolute Gasteiger partial charge is 0.375 e. The molecule has 0 aromatic heterocycles. The van der Waals surface area contributed by atoms with Gasteiger partial charge in [0, 0.05) is 29.6 Å². The standard InChI is InChI=1S/C11H13Cl2NO/c12-9-2-1-8(11(13)6-9)5-10-7-14-3-4-15-10/h1-2,6,10,14H,3-5,7H2. The molecule has 82 valence electrons. The van der Waals surface area contributed by atoms with Crippen molar-refractivity contribution >= 4 is 23.2 Å². The topological polar surface area (TPSA) is 21.3 Å². The van der Waals surface area contributed by atoms with Gasteiger partial charge in [-0.25, -0.2) is 0 Å². The summed E-state index contributed by atoms with van der Waals surface area (Å²) < 4.78 is 5.61. The molecule has 0 amide bonds. The highest BCUT2D eigenvalue weighted by Crippen LogP contribution is 2.22. The van der Waals surface area contributed by atoms with Gasteiger partial charge >= 0.3 is 0 Å². The third-order valence-corrected chi connectivity index (χ3v) is 3.05. The zero-order valence-electron chi connectivity index (χ0n) is 8.30. The van der Waals surface area contributed by atoms with Crippen molar-refractivity contribution in [1.82, 2.24) is 5.32 Å². The highest BCUT2D eigenvalue weighted by molar-refractivity contribution is 6.35. The summed E-state index contributed by atoms with van der Waals surface area (Å²) in [5, 5.41) is 4.68. The van der Waals surface area contributed by atoms with E-state index in [1.807, 2.05) is 12.1 Å². The van der Waals surface area contributed by atoms with Crippen molar-refractivity contribution in [2.75, 3.05) is 19.7 Å². The highest BCUT2D eigenvalue weighted by Gasteiger charge is 2.15. The summed E-state index contributed by atoms with van der Waals surface area (Å²) in [5.74, 6) is 0. The van der Waals surface area contributed by atoms with Gasteiger partial charge in [-0.1, -0.05) is 29.3 Å². The van der Waals surface area contributed by atoms with Crippen LogP contribution in [0.3, 0.4) is 0 Å². The second-order valence-corrected chi connectivity index (χ2v) is 4.48. The van der Waals surface area contributed by atoms with Crippen molar-refractivity contribution < 1.29 is 4.74 Å². The van der Waals surface area contributed by atoms with E-state index in [2.05, 4.69) is 5.32 Å². The van der Waals surface area contributed by atoms with Crippen molar-refractivity contribution in [3.8, 4) is 0 Å². The highest BCUT2D eigenvalue weighted by atomic mass is 35.5. The van der Waals surface area contributed by atoms with Gasteiger partial charge in [0.15, 0.2) is 0 Å². The minimum Gasteiger partial charge on any atom is -0.375 e. The molecule has 1 saturated heterocycles. The molecule has 1 aliphatic rings. The first kappa shape index (κ1) is 11.2. The van der Waals surface area contributed by atoms with Gasteiger partial charge in [-0.2, -0.15) is 0 Å². The first-order valence-corrected chi connectivity index (χ1v) is 5.77. The molecular weight excluding hydrogens is 233 g/mol. The lowest BCUT2D eigenvalue weighted by Gasteiger charge is -2.23. The van der Waals surface area contributed by atoms with Crippen LogP contribution in [-0.4, -0.2) is 25.8 Å². The van der Waals surface area contributed by atoms with Crippen LogP contribution in [0.15, 0.2) is 18.2 Å². The third kappa shape index (κ3) is 3.08. The molecule has 1 heterocycles. The van der Waals surface area contributed by atoms with E-state index in [1.165, 1.54) is 0 Å². The Kier molecular flexibility index (Phi) is 3.87. The van der Waals surface area contributed by atoms with Gasteiger partial charge in [0.05, 0.1) is 12.7 Å². The molecule has 0 spiro atoms. The Labute approximate surface area is 99.5 Å². The van der Waals surface area contributed by atoms with Crippen LogP contribution in [0.2, 0.25) is 10.0 Å². The van der Waals surface area contributed by atoms with E-state index in [0.29, 0.717) is 5.02 Å². The van der Waals surface area contributed by atoms with Gasteiger partial charge < -0.3 is 10.1 Å². The average Bonchev–Trinajstić information content (AvgIpc) is 2.24. The molecule has 0 saturated carbocycles. The number of benzene rings is 1. The van der Waals surface area contributed by atoms with Crippen LogP contribution in [0.1, 0.15) is 5.56 Å². The van der Waals surface area contributed by atoms with E-state index >= 15 is 0 Å². The van der Waals surface area contributed by atoms with E-state index in [-0.39, 0.29) is 6.10 Å². The lowest BCUT2D eigenvalue weighted by atomic mass is 10.1. The number of hydrogen-bond donors (Lipinski definition) is 1. The predicted molar refractivity (Wildman–Crippen MR) is 62.8 cm³/mol. The third-order valence-electron chi connectivity index (χ3n) is 2.47. The molecule has 0 aliphatic carbocycles. The number of halogens is 2. The fourth-order valence-electron chi connectivity index (χ4n) is 1.68. The first-order valence-electron chi connectivity index (χ1n) is 5.02. The minimum atomic E-state index is 0.220. The summed E-state index contributed by atoms with van der Waals surface area (Å²) in [6.45, 7) is 2.60. The monoisotopic (exact) mass is 245 g/mol. The molecule has 2 rings (SSSR count). The fraction of sp³-hybridized carbons (Fsp3) is 0.455. The summed E-state index contributed by atoms with van der Waals surface area (Å²) >= 11 is 11.9. The smallest absolute Gasteiger partial charge is 0.0740 e. The van der Waals surface area contributed by atoms with Crippen LogP contribution in [0.5, 0.6) is 0 Å². The molecule has 1 N–H and O–H groups in total. The summed E-state index contributed by atoms with van der Waals surface area (Å²) in [6.07, 6.45) is 1.06. The second kappa shape index (κ2) is 5.17. The van der Waals surface area contributed by atoms with Crippen LogP contribution >= 0.6 is 23.2 Å². The van der Waals surface area contributed by atoms with Gasteiger partial charge in [0.1, 0.15) is 0 Å². The maximum Gasteiger partial charge on any atom is 0.0740 e. The molecular formula is C11H13Cl2NO. The predicted octanol–water partition coefficient (Wildman–Crippen LogP) is 2.52. The summed E-state index contributed by atoms with van der Waals surface area (Å²) in [5.41, 5.74) is 1.09. The van der Waals surface area contributed by atoms with Crippen LogP contribution in [-0.2, 0) is 11.2 Å². The van der Waals surface area contributed by atoms with Crippen molar-refractivity contribution in [3.05, 3.63) is 33.8 Å². The Morgan fingerprint density at radius 2 is 2.27 bits per heavy atom. The quantitative estimate of drug-likeness (QED) is 0.865.